The van der Waals surface area contributed by atoms with Crippen molar-refractivity contribution in [1.82, 2.24) is 15.0 Å². The molecule has 0 spiro atoms. The molecule has 6 nitrogen and oxygen atoms in total. The lowest BCUT2D eigenvalue weighted by molar-refractivity contribution is 0.102. The van der Waals surface area contributed by atoms with Gasteiger partial charge < -0.3 is 10.2 Å². The minimum absolute atomic E-state index is 0.202. The maximum absolute atomic E-state index is 12.7. The van der Waals surface area contributed by atoms with Crippen LogP contribution in [0.4, 0.5) is 11.6 Å². The number of aryl methyl sites for hydroxylation is 1. The zero-order chi connectivity index (χ0) is 20.8. The highest BCUT2D eigenvalue weighted by atomic mass is 16.1. The van der Waals surface area contributed by atoms with Crippen LogP contribution in [0, 0.1) is 6.92 Å². The van der Waals surface area contributed by atoms with Crippen LogP contribution in [-0.4, -0.2) is 34.5 Å². The van der Waals surface area contributed by atoms with E-state index in [4.69, 9.17) is 0 Å². The van der Waals surface area contributed by atoms with Crippen LogP contribution < -0.4 is 10.2 Å². The van der Waals surface area contributed by atoms with Gasteiger partial charge >= 0.3 is 0 Å². The summed E-state index contributed by atoms with van der Waals surface area (Å²) in [5.74, 6) is 0.708. The molecular weight excluding hydrogens is 362 g/mol. The van der Waals surface area contributed by atoms with Gasteiger partial charge in [-0.2, -0.15) is 0 Å². The number of anilines is 2. The molecule has 0 fully saturated rings. The summed E-state index contributed by atoms with van der Waals surface area (Å²) in [6.45, 7) is 7.00. The van der Waals surface area contributed by atoms with Gasteiger partial charge in [0.1, 0.15) is 0 Å². The third-order valence-electron chi connectivity index (χ3n) is 4.89. The Bertz CT molecular complexity index is 955. The topological polar surface area (TPSA) is 71.0 Å². The lowest BCUT2D eigenvalue weighted by atomic mass is 9.98. The van der Waals surface area contributed by atoms with Crippen molar-refractivity contribution in [1.29, 1.82) is 0 Å². The zero-order valence-electron chi connectivity index (χ0n) is 17.4. The SMILES string of the molecule is Cc1cccc(C(C)C)c1NC(=O)c1cnc(N(C)CCc2ccncc2)nc1. The van der Waals surface area contributed by atoms with Crippen LogP contribution in [0.25, 0.3) is 0 Å². The van der Waals surface area contributed by atoms with E-state index < -0.39 is 0 Å². The molecule has 0 aliphatic carbocycles. The van der Waals surface area contributed by atoms with Crippen molar-refractivity contribution in [2.24, 2.45) is 0 Å². The van der Waals surface area contributed by atoms with Gasteiger partial charge in [0.05, 0.1) is 5.56 Å². The summed E-state index contributed by atoms with van der Waals surface area (Å²) in [6.07, 6.45) is 7.61. The molecule has 1 amide bonds. The van der Waals surface area contributed by atoms with Gasteiger partial charge in [-0.15, -0.1) is 0 Å². The summed E-state index contributed by atoms with van der Waals surface area (Å²) in [5.41, 5.74) is 4.67. The van der Waals surface area contributed by atoms with Crippen molar-refractivity contribution in [3.05, 3.63) is 77.4 Å². The predicted octanol–water partition coefficient (Wildman–Crippen LogP) is 4.23. The molecule has 1 aromatic carbocycles. The van der Waals surface area contributed by atoms with Gasteiger partial charge in [-0.3, -0.25) is 9.78 Å². The summed E-state index contributed by atoms with van der Waals surface area (Å²) in [6, 6.07) is 10.1. The van der Waals surface area contributed by atoms with Crippen LogP contribution in [0.15, 0.2) is 55.1 Å². The van der Waals surface area contributed by atoms with Gasteiger partial charge in [0.25, 0.3) is 5.91 Å². The first-order valence-corrected chi connectivity index (χ1v) is 9.78. The van der Waals surface area contributed by atoms with Crippen molar-refractivity contribution in [3.8, 4) is 0 Å². The summed E-state index contributed by atoms with van der Waals surface area (Å²) < 4.78 is 0. The van der Waals surface area contributed by atoms with E-state index in [-0.39, 0.29) is 5.91 Å². The summed E-state index contributed by atoms with van der Waals surface area (Å²) in [7, 11) is 1.94. The number of likely N-dealkylation sites (N-methyl/N-ethyl adjacent to an activating group) is 1. The minimum atomic E-state index is -0.202. The Morgan fingerprint density at radius 1 is 1.10 bits per heavy atom. The Labute approximate surface area is 172 Å². The fraction of sp³-hybridized carbons (Fsp3) is 0.304. The molecule has 3 rings (SSSR count). The van der Waals surface area contributed by atoms with Crippen LogP contribution in [0.2, 0.25) is 0 Å². The first kappa shape index (κ1) is 20.5. The molecule has 0 bridgehead atoms. The monoisotopic (exact) mass is 389 g/mol. The number of para-hydroxylation sites is 1. The highest BCUT2D eigenvalue weighted by Gasteiger charge is 2.14. The van der Waals surface area contributed by atoms with Crippen LogP contribution in [0.5, 0.6) is 0 Å². The molecular formula is C23H27N5O. The Morgan fingerprint density at radius 3 is 2.45 bits per heavy atom. The number of nitrogens with zero attached hydrogens (tertiary/aromatic N) is 4. The van der Waals surface area contributed by atoms with Crippen molar-refractivity contribution in [2.45, 2.75) is 33.1 Å². The van der Waals surface area contributed by atoms with E-state index in [1.165, 1.54) is 5.56 Å². The number of nitrogens with one attached hydrogen (secondary N) is 1. The van der Waals surface area contributed by atoms with E-state index in [2.05, 4.69) is 34.1 Å². The summed E-state index contributed by atoms with van der Waals surface area (Å²) in [4.78, 5) is 27.5. The van der Waals surface area contributed by atoms with Crippen LogP contribution in [0.1, 0.15) is 46.8 Å². The Kier molecular flexibility index (Phi) is 6.54. The van der Waals surface area contributed by atoms with Gasteiger partial charge in [0.2, 0.25) is 5.95 Å². The molecule has 0 radical (unpaired) electrons. The second kappa shape index (κ2) is 9.28. The maximum Gasteiger partial charge on any atom is 0.258 e. The fourth-order valence-electron chi connectivity index (χ4n) is 3.11. The molecule has 0 saturated heterocycles. The van der Waals surface area contributed by atoms with Crippen LogP contribution in [0.3, 0.4) is 0 Å². The molecule has 29 heavy (non-hydrogen) atoms. The van der Waals surface area contributed by atoms with Crippen molar-refractivity contribution in [2.75, 3.05) is 23.8 Å². The van der Waals surface area contributed by atoms with Crippen molar-refractivity contribution >= 4 is 17.5 Å². The van der Waals surface area contributed by atoms with E-state index in [1.807, 2.05) is 49.2 Å². The molecule has 150 valence electrons. The third-order valence-corrected chi connectivity index (χ3v) is 4.89. The average Bonchev–Trinajstić information content (AvgIpc) is 2.74. The molecule has 0 atom stereocenters. The summed E-state index contributed by atoms with van der Waals surface area (Å²) in [5, 5.41) is 3.03. The number of carbonyl (C=O) groups excluding carboxylic acids is 1. The molecule has 0 aliphatic rings. The lowest BCUT2D eigenvalue weighted by Gasteiger charge is -2.18. The molecule has 0 unspecified atom stereocenters. The highest BCUT2D eigenvalue weighted by molar-refractivity contribution is 6.04. The van der Waals surface area contributed by atoms with Gasteiger partial charge in [-0.25, -0.2) is 9.97 Å². The molecule has 2 heterocycles. The first-order valence-electron chi connectivity index (χ1n) is 9.78. The smallest absolute Gasteiger partial charge is 0.258 e. The van der Waals surface area contributed by atoms with Crippen LogP contribution >= 0.6 is 0 Å². The third kappa shape index (κ3) is 5.16. The van der Waals surface area contributed by atoms with Gasteiger partial charge in [0.15, 0.2) is 0 Å². The minimum Gasteiger partial charge on any atom is -0.344 e. The van der Waals surface area contributed by atoms with Gasteiger partial charge in [-0.1, -0.05) is 32.0 Å². The lowest BCUT2D eigenvalue weighted by Crippen LogP contribution is -2.23. The maximum atomic E-state index is 12.7. The van der Waals surface area contributed by atoms with Gasteiger partial charge in [-0.05, 0) is 48.1 Å². The van der Waals surface area contributed by atoms with E-state index >= 15 is 0 Å². The van der Waals surface area contributed by atoms with E-state index in [1.54, 1.807) is 24.8 Å². The number of benzene rings is 1. The first-order chi connectivity index (χ1) is 14.0. The second-order valence-electron chi connectivity index (χ2n) is 7.45. The average molecular weight is 390 g/mol. The van der Waals surface area contributed by atoms with Crippen molar-refractivity contribution < 1.29 is 4.79 Å². The number of amides is 1. The standard InChI is InChI=1S/C23H27N5O/c1-16(2)20-7-5-6-17(3)21(20)27-22(29)19-14-25-23(26-15-19)28(4)13-10-18-8-11-24-12-9-18/h5-9,11-12,14-16H,10,13H2,1-4H3,(H,27,29). The predicted molar refractivity (Wildman–Crippen MR) is 116 cm³/mol. The van der Waals surface area contributed by atoms with Crippen molar-refractivity contribution in [3.63, 3.8) is 0 Å². The molecule has 3 aromatic rings. The quantitative estimate of drug-likeness (QED) is 0.655. The Morgan fingerprint density at radius 2 is 1.79 bits per heavy atom. The molecule has 0 saturated carbocycles. The normalized spacial score (nSPS) is 10.8. The molecule has 0 aliphatic heterocycles. The largest absolute Gasteiger partial charge is 0.344 e. The van der Waals surface area contributed by atoms with E-state index in [0.717, 1.165) is 29.8 Å². The van der Waals surface area contributed by atoms with Gasteiger partial charge in [0, 0.05) is 44.1 Å². The second-order valence-corrected chi connectivity index (χ2v) is 7.45. The highest BCUT2D eigenvalue weighted by Crippen LogP contribution is 2.27. The number of rotatable bonds is 7. The number of hydrogen-bond acceptors (Lipinski definition) is 5. The zero-order valence-corrected chi connectivity index (χ0v) is 17.4. The molecule has 6 heteroatoms. The molecule has 1 N–H and O–H groups in total. The van der Waals surface area contributed by atoms with E-state index in [0.29, 0.717) is 17.4 Å². The number of aromatic nitrogens is 3. The summed E-state index contributed by atoms with van der Waals surface area (Å²) >= 11 is 0. The number of hydrogen-bond donors (Lipinski definition) is 1. The number of pyridine rings is 1. The fourth-order valence-corrected chi connectivity index (χ4v) is 3.11. The van der Waals surface area contributed by atoms with E-state index in [9.17, 15) is 4.79 Å². The Balaban J connectivity index is 1.66. The molecule has 2 aromatic heterocycles. The number of carbonyl (C=O) groups is 1. The van der Waals surface area contributed by atoms with Crippen LogP contribution in [-0.2, 0) is 6.42 Å². The Hall–Kier alpha value is -3.28.